The fourth-order valence-electron chi connectivity index (χ4n) is 1.58. The van der Waals surface area contributed by atoms with Crippen LogP contribution in [0, 0.1) is 6.92 Å². The van der Waals surface area contributed by atoms with Crippen molar-refractivity contribution in [3.63, 3.8) is 0 Å². The fraction of sp³-hybridized carbons (Fsp3) is 0.167. The van der Waals surface area contributed by atoms with Gasteiger partial charge >= 0.3 is 0 Å². The zero-order valence-electron chi connectivity index (χ0n) is 9.74. The molecule has 0 saturated heterocycles. The molecule has 0 saturated carbocycles. The van der Waals surface area contributed by atoms with Crippen LogP contribution in [0.4, 0.5) is 0 Å². The number of fused-ring (bicyclic) bond motifs is 1. The Kier molecular flexibility index (Phi) is 2.82. The van der Waals surface area contributed by atoms with Gasteiger partial charge in [-0.2, -0.15) is 4.99 Å². The lowest BCUT2D eigenvalue weighted by Gasteiger charge is -1.95. The molecule has 0 aliphatic rings. The number of guanidine groups is 1. The number of aromatic nitrogens is 1. The Bertz CT molecular complexity index is 598. The number of carbonyl (C=O) groups excluding carboxylic acids is 1. The first-order valence-corrected chi connectivity index (χ1v) is 5.26. The number of aromatic amines is 1. The van der Waals surface area contributed by atoms with Gasteiger partial charge in [-0.05, 0) is 24.6 Å². The highest BCUT2D eigenvalue weighted by molar-refractivity contribution is 6.03. The molecule has 17 heavy (non-hydrogen) atoms. The van der Waals surface area contributed by atoms with Crippen molar-refractivity contribution in [2.45, 2.75) is 6.92 Å². The predicted octanol–water partition coefficient (Wildman–Crippen LogP) is 1.15. The molecule has 5 nitrogen and oxygen atoms in total. The fourth-order valence-corrected chi connectivity index (χ4v) is 1.58. The van der Waals surface area contributed by atoms with Gasteiger partial charge in [0, 0.05) is 18.0 Å². The van der Waals surface area contributed by atoms with Gasteiger partial charge in [-0.15, -0.1) is 0 Å². The Balaban J connectivity index is 2.40. The van der Waals surface area contributed by atoms with Gasteiger partial charge in [0.25, 0.3) is 5.91 Å². The van der Waals surface area contributed by atoms with E-state index in [0.29, 0.717) is 5.69 Å². The standard InChI is InChI=1S/C12H14N4O/c1-7-3-4-8-6-10(15-9(8)5-7)11(17)16-12(13)14-2/h3-6,15H,1-2H3,(H3,13,14,16,17). The van der Waals surface area contributed by atoms with E-state index in [9.17, 15) is 4.79 Å². The molecule has 0 unspecified atom stereocenters. The summed E-state index contributed by atoms with van der Waals surface area (Å²) in [5.41, 5.74) is 7.93. The van der Waals surface area contributed by atoms with E-state index in [0.717, 1.165) is 16.5 Å². The SMILES string of the molecule is CNC(N)=NC(=O)c1cc2ccc(C)cc2[nH]1. The second-order valence-electron chi connectivity index (χ2n) is 3.83. The number of nitrogens with one attached hydrogen (secondary N) is 2. The molecule has 2 rings (SSSR count). The first kappa shape index (κ1) is 11.2. The number of nitrogens with two attached hydrogens (primary N) is 1. The molecule has 2 aromatic rings. The maximum absolute atomic E-state index is 11.7. The molecular formula is C12H14N4O. The number of hydrogen-bond acceptors (Lipinski definition) is 1. The average Bonchev–Trinajstić information content (AvgIpc) is 2.71. The maximum Gasteiger partial charge on any atom is 0.296 e. The van der Waals surface area contributed by atoms with Crippen LogP contribution in [0.2, 0.25) is 0 Å². The van der Waals surface area contributed by atoms with Crippen LogP contribution in [0.3, 0.4) is 0 Å². The summed E-state index contributed by atoms with van der Waals surface area (Å²) in [7, 11) is 1.61. The third kappa shape index (κ3) is 2.28. The molecule has 0 aliphatic heterocycles. The van der Waals surface area contributed by atoms with Gasteiger partial charge in [0.05, 0.1) is 0 Å². The first-order valence-electron chi connectivity index (χ1n) is 5.26. The average molecular weight is 230 g/mol. The van der Waals surface area contributed by atoms with Crippen molar-refractivity contribution < 1.29 is 4.79 Å². The molecule has 0 atom stereocenters. The summed E-state index contributed by atoms with van der Waals surface area (Å²) in [5, 5.41) is 3.59. The maximum atomic E-state index is 11.7. The second-order valence-corrected chi connectivity index (χ2v) is 3.83. The highest BCUT2D eigenvalue weighted by Crippen LogP contribution is 2.17. The van der Waals surface area contributed by atoms with Gasteiger partial charge in [0.15, 0.2) is 5.96 Å². The lowest BCUT2D eigenvalue weighted by Crippen LogP contribution is -2.28. The number of amides is 1. The number of H-pyrrole nitrogens is 1. The molecular weight excluding hydrogens is 216 g/mol. The third-order valence-corrected chi connectivity index (χ3v) is 2.49. The van der Waals surface area contributed by atoms with Crippen LogP contribution in [0.5, 0.6) is 0 Å². The minimum atomic E-state index is -0.384. The topological polar surface area (TPSA) is 83.3 Å². The van der Waals surface area contributed by atoms with E-state index < -0.39 is 0 Å². The van der Waals surface area contributed by atoms with Crippen molar-refractivity contribution in [3.8, 4) is 0 Å². The van der Waals surface area contributed by atoms with Crippen molar-refractivity contribution in [1.82, 2.24) is 10.3 Å². The van der Waals surface area contributed by atoms with E-state index in [1.807, 2.05) is 25.1 Å². The van der Waals surface area contributed by atoms with Crippen LogP contribution in [-0.4, -0.2) is 23.9 Å². The smallest absolute Gasteiger partial charge is 0.296 e. The van der Waals surface area contributed by atoms with Gasteiger partial charge in [-0.1, -0.05) is 12.1 Å². The summed E-state index contributed by atoms with van der Waals surface area (Å²) in [6, 6.07) is 7.71. The lowest BCUT2D eigenvalue weighted by molar-refractivity contribution is 0.0998. The number of aliphatic imine (C=N–C) groups is 1. The number of aryl methyl sites for hydroxylation is 1. The number of benzene rings is 1. The van der Waals surface area contributed by atoms with Crippen molar-refractivity contribution >= 4 is 22.8 Å². The summed E-state index contributed by atoms with van der Waals surface area (Å²) in [6.45, 7) is 2.00. The second kappa shape index (κ2) is 4.29. The molecule has 0 radical (unpaired) electrons. The highest BCUT2D eigenvalue weighted by atomic mass is 16.1. The molecule has 0 fully saturated rings. The number of rotatable bonds is 1. The van der Waals surface area contributed by atoms with E-state index in [-0.39, 0.29) is 11.9 Å². The molecule has 0 aliphatic carbocycles. The Morgan fingerprint density at radius 2 is 2.18 bits per heavy atom. The van der Waals surface area contributed by atoms with Gasteiger partial charge in [0.2, 0.25) is 0 Å². The molecule has 5 heteroatoms. The minimum Gasteiger partial charge on any atom is -0.370 e. The summed E-state index contributed by atoms with van der Waals surface area (Å²) < 4.78 is 0. The van der Waals surface area contributed by atoms with Gasteiger partial charge < -0.3 is 16.0 Å². The van der Waals surface area contributed by atoms with Crippen LogP contribution < -0.4 is 11.1 Å². The summed E-state index contributed by atoms with van der Waals surface area (Å²) in [6.07, 6.45) is 0. The first-order chi connectivity index (χ1) is 8.10. The summed E-state index contributed by atoms with van der Waals surface area (Å²) in [4.78, 5) is 18.5. The van der Waals surface area contributed by atoms with Crippen LogP contribution in [-0.2, 0) is 0 Å². The molecule has 4 N–H and O–H groups in total. The summed E-state index contributed by atoms with van der Waals surface area (Å²) >= 11 is 0. The van der Waals surface area contributed by atoms with Crippen molar-refractivity contribution in [2.24, 2.45) is 10.7 Å². The molecule has 1 aromatic heterocycles. The molecule has 88 valence electrons. The van der Waals surface area contributed by atoms with Crippen LogP contribution in [0.25, 0.3) is 10.9 Å². The lowest BCUT2D eigenvalue weighted by atomic mass is 10.2. The van der Waals surface area contributed by atoms with E-state index >= 15 is 0 Å². The monoisotopic (exact) mass is 230 g/mol. The van der Waals surface area contributed by atoms with Crippen molar-refractivity contribution in [3.05, 3.63) is 35.5 Å². The van der Waals surface area contributed by atoms with E-state index in [4.69, 9.17) is 5.73 Å². The molecule has 1 amide bonds. The Hall–Kier alpha value is -2.30. The van der Waals surface area contributed by atoms with E-state index in [1.54, 1.807) is 13.1 Å². The van der Waals surface area contributed by atoms with Crippen LogP contribution >= 0.6 is 0 Å². The highest BCUT2D eigenvalue weighted by Gasteiger charge is 2.08. The van der Waals surface area contributed by atoms with Crippen LogP contribution in [0.1, 0.15) is 16.1 Å². The number of carbonyl (C=O) groups is 1. The third-order valence-electron chi connectivity index (χ3n) is 2.49. The van der Waals surface area contributed by atoms with Gasteiger partial charge in [-0.3, -0.25) is 4.79 Å². The Labute approximate surface area is 98.7 Å². The number of hydrogen-bond donors (Lipinski definition) is 3. The zero-order chi connectivity index (χ0) is 12.4. The zero-order valence-corrected chi connectivity index (χ0v) is 9.74. The quantitative estimate of drug-likeness (QED) is 0.507. The minimum absolute atomic E-state index is 0.102. The van der Waals surface area contributed by atoms with Gasteiger partial charge in [0.1, 0.15) is 5.69 Å². The molecule has 1 aromatic carbocycles. The molecule has 1 heterocycles. The normalized spacial score (nSPS) is 11.8. The summed E-state index contributed by atoms with van der Waals surface area (Å²) in [5.74, 6) is -0.282. The van der Waals surface area contributed by atoms with E-state index in [2.05, 4.69) is 15.3 Å². The van der Waals surface area contributed by atoms with Crippen molar-refractivity contribution in [1.29, 1.82) is 0 Å². The number of nitrogens with zero attached hydrogens (tertiary/aromatic N) is 1. The van der Waals surface area contributed by atoms with Gasteiger partial charge in [-0.25, -0.2) is 0 Å². The Morgan fingerprint density at radius 1 is 1.41 bits per heavy atom. The largest absolute Gasteiger partial charge is 0.370 e. The van der Waals surface area contributed by atoms with E-state index in [1.165, 1.54) is 0 Å². The molecule has 0 spiro atoms. The molecule has 0 bridgehead atoms. The Morgan fingerprint density at radius 3 is 2.88 bits per heavy atom. The predicted molar refractivity (Wildman–Crippen MR) is 68.0 cm³/mol. The van der Waals surface area contributed by atoms with Crippen LogP contribution in [0.15, 0.2) is 29.3 Å². The van der Waals surface area contributed by atoms with Crippen molar-refractivity contribution in [2.75, 3.05) is 7.05 Å².